The molecule has 31 heavy (non-hydrogen) atoms. The predicted octanol–water partition coefficient (Wildman–Crippen LogP) is 4.25. The van der Waals surface area contributed by atoms with Crippen LogP contribution in [0.1, 0.15) is 37.6 Å². The molecule has 1 N–H and O–H groups in total. The van der Waals surface area contributed by atoms with Gasteiger partial charge in [-0.2, -0.15) is 0 Å². The van der Waals surface area contributed by atoms with Crippen LogP contribution in [0, 0.1) is 6.92 Å². The Morgan fingerprint density at radius 3 is 2.65 bits per heavy atom. The lowest BCUT2D eigenvalue weighted by Crippen LogP contribution is -2.47. The molecule has 0 saturated carbocycles. The quantitative estimate of drug-likeness (QED) is 0.221. The van der Waals surface area contributed by atoms with Crippen molar-refractivity contribution >= 4 is 29.9 Å². The number of benzene rings is 1. The zero-order valence-electron chi connectivity index (χ0n) is 18.8. The fourth-order valence-electron chi connectivity index (χ4n) is 3.49. The van der Waals surface area contributed by atoms with Crippen LogP contribution in [0.2, 0.25) is 0 Å². The van der Waals surface area contributed by atoms with Gasteiger partial charge in [0.2, 0.25) is 5.89 Å². The van der Waals surface area contributed by atoms with Crippen molar-refractivity contribution in [3.8, 4) is 11.3 Å². The summed E-state index contributed by atoms with van der Waals surface area (Å²) in [4.78, 5) is 11.5. The first-order valence-electron chi connectivity index (χ1n) is 10.8. The van der Waals surface area contributed by atoms with Gasteiger partial charge in [0, 0.05) is 45.5 Å². The molecule has 1 aliphatic rings. The Morgan fingerprint density at radius 1 is 1.23 bits per heavy atom. The molecule has 1 aromatic heterocycles. The van der Waals surface area contributed by atoms with Gasteiger partial charge in [0.25, 0.3) is 0 Å². The summed E-state index contributed by atoms with van der Waals surface area (Å²) in [5.41, 5.74) is 2.25. The van der Waals surface area contributed by atoms with Gasteiger partial charge in [0.15, 0.2) is 11.7 Å². The summed E-state index contributed by atoms with van der Waals surface area (Å²) >= 11 is 0. The highest BCUT2D eigenvalue weighted by Gasteiger charge is 2.22. The minimum Gasteiger partial charge on any atom is -0.439 e. The first-order chi connectivity index (χ1) is 14.7. The number of aliphatic imine (C=N–C) groups is 1. The second-order valence-electron chi connectivity index (χ2n) is 7.56. The molecular formula is C23H35IN4O3. The highest BCUT2D eigenvalue weighted by molar-refractivity contribution is 14.0. The van der Waals surface area contributed by atoms with Crippen molar-refractivity contribution in [1.82, 2.24) is 15.2 Å². The lowest BCUT2D eigenvalue weighted by Gasteiger charge is -2.34. The molecule has 0 aliphatic carbocycles. The number of methoxy groups -OCH3 is 1. The normalized spacial score (nSPS) is 15.1. The first-order valence-corrected chi connectivity index (χ1v) is 10.8. The van der Waals surface area contributed by atoms with Crippen molar-refractivity contribution in [2.45, 2.75) is 45.8 Å². The van der Waals surface area contributed by atoms with Crippen LogP contribution in [-0.2, 0) is 16.0 Å². The summed E-state index contributed by atoms with van der Waals surface area (Å²) in [6.07, 6.45) is 5.06. The Kier molecular flexibility index (Phi) is 11.3. The Hall–Kier alpha value is -1.65. The molecule has 0 spiro atoms. The number of nitrogens with one attached hydrogen (secondary N) is 1. The summed E-state index contributed by atoms with van der Waals surface area (Å²) in [5, 5.41) is 3.39. The lowest BCUT2D eigenvalue weighted by atomic mass is 10.1. The van der Waals surface area contributed by atoms with Gasteiger partial charge in [0.05, 0.1) is 12.3 Å². The minimum absolute atomic E-state index is 0. The maximum atomic E-state index is 5.96. The van der Waals surface area contributed by atoms with E-state index in [0.717, 1.165) is 69.4 Å². The molecule has 0 atom stereocenters. The molecular weight excluding hydrogens is 507 g/mol. The number of oxazole rings is 1. The van der Waals surface area contributed by atoms with Crippen molar-refractivity contribution in [1.29, 1.82) is 0 Å². The number of likely N-dealkylation sites (tertiary alicyclic amines) is 1. The molecule has 2 aromatic rings. The van der Waals surface area contributed by atoms with Crippen LogP contribution < -0.4 is 5.32 Å². The van der Waals surface area contributed by atoms with E-state index in [-0.39, 0.29) is 24.0 Å². The van der Waals surface area contributed by atoms with E-state index >= 15 is 0 Å². The largest absolute Gasteiger partial charge is 0.439 e. The van der Waals surface area contributed by atoms with Crippen LogP contribution in [0.5, 0.6) is 0 Å². The van der Waals surface area contributed by atoms with Crippen LogP contribution in [0.15, 0.2) is 39.9 Å². The molecule has 8 heteroatoms. The maximum Gasteiger partial charge on any atom is 0.216 e. The molecule has 7 nitrogen and oxygen atoms in total. The van der Waals surface area contributed by atoms with Gasteiger partial charge in [-0.3, -0.25) is 0 Å². The van der Waals surface area contributed by atoms with Crippen molar-refractivity contribution in [3.63, 3.8) is 0 Å². The number of rotatable bonds is 9. The Labute approximate surface area is 202 Å². The molecule has 2 heterocycles. The van der Waals surface area contributed by atoms with Crippen LogP contribution in [0.25, 0.3) is 11.3 Å². The van der Waals surface area contributed by atoms with Gasteiger partial charge in [0.1, 0.15) is 6.54 Å². The van der Waals surface area contributed by atoms with E-state index in [0.29, 0.717) is 18.5 Å². The molecule has 0 radical (unpaired) electrons. The zero-order valence-corrected chi connectivity index (χ0v) is 21.1. The first kappa shape index (κ1) is 25.6. The van der Waals surface area contributed by atoms with Crippen LogP contribution in [0.4, 0.5) is 0 Å². The number of guanidine groups is 1. The second kappa shape index (κ2) is 13.7. The van der Waals surface area contributed by atoms with Gasteiger partial charge in [-0.1, -0.05) is 29.8 Å². The van der Waals surface area contributed by atoms with Gasteiger partial charge in [-0.25, -0.2) is 9.98 Å². The Bertz CT molecular complexity index is 786. The van der Waals surface area contributed by atoms with Gasteiger partial charge in [-0.05, 0) is 33.1 Å². The van der Waals surface area contributed by atoms with Gasteiger partial charge in [-0.15, -0.1) is 24.0 Å². The summed E-state index contributed by atoms with van der Waals surface area (Å²) in [5.74, 6) is 2.30. The van der Waals surface area contributed by atoms with E-state index < -0.39 is 0 Å². The highest BCUT2D eigenvalue weighted by Crippen LogP contribution is 2.21. The second-order valence-corrected chi connectivity index (χ2v) is 7.56. The number of ether oxygens (including phenoxy) is 2. The average Bonchev–Trinajstić information content (AvgIpc) is 3.24. The maximum absolute atomic E-state index is 5.96. The number of aryl methyl sites for hydroxylation is 1. The summed E-state index contributed by atoms with van der Waals surface area (Å²) < 4.78 is 17.0. The van der Waals surface area contributed by atoms with Crippen molar-refractivity contribution < 1.29 is 13.9 Å². The van der Waals surface area contributed by atoms with Crippen LogP contribution in [-0.4, -0.2) is 61.9 Å². The Balaban J connectivity index is 0.00000341. The van der Waals surface area contributed by atoms with E-state index in [1.54, 1.807) is 13.3 Å². The molecule has 1 fully saturated rings. The minimum atomic E-state index is 0. The molecule has 0 bridgehead atoms. The molecule has 1 aromatic carbocycles. The number of aromatic nitrogens is 1. The van der Waals surface area contributed by atoms with Crippen molar-refractivity contribution in [2.24, 2.45) is 4.99 Å². The molecule has 3 rings (SSSR count). The number of hydrogen-bond donors (Lipinski definition) is 1. The highest BCUT2D eigenvalue weighted by atomic mass is 127. The zero-order chi connectivity index (χ0) is 21.2. The third-order valence-corrected chi connectivity index (χ3v) is 5.18. The fraction of sp³-hybridized carbons (Fsp3) is 0.565. The van der Waals surface area contributed by atoms with Crippen LogP contribution >= 0.6 is 24.0 Å². The molecule has 0 unspecified atom stereocenters. The third kappa shape index (κ3) is 8.08. The molecule has 0 amide bonds. The fourth-order valence-corrected chi connectivity index (χ4v) is 3.49. The van der Waals surface area contributed by atoms with E-state index in [2.05, 4.69) is 53.3 Å². The van der Waals surface area contributed by atoms with E-state index in [4.69, 9.17) is 18.9 Å². The third-order valence-electron chi connectivity index (χ3n) is 5.18. The number of hydrogen-bond acceptors (Lipinski definition) is 5. The predicted molar refractivity (Wildman–Crippen MR) is 134 cm³/mol. The molecule has 172 valence electrons. The van der Waals surface area contributed by atoms with Crippen molar-refractivity contribution in [2.75, 3.05) is 40.0 Å². The van der Waals surface area contributed by atoms with E-state index in [9.17, 15) is 0 Å². The topological polar surface area (TPSA) is 72.1 Å². The Morgan fingerprint density at radius 2 is 1.97 bits per heavy atom. The van der Waals surface area contributed by atoms with Crippen LogP contribution in [0.3, 0.4) is 0 Å². The average molecular weight is 542 g/mol. The van der Waals surface area contributed by atoms with E-state index in [1.165, 1.54) is 5.56 Å². The summed E-state index contributed by atoms with van der Waals surface area (Å²) in [6, 6.07) is 8.25. The molecule has 1 aliphatic heterocycles. The molecule has 1 saturated heterocycles. The SMILES string of the molecule is CCNC(=NCc1ncc(-c2ccc(C)cc2)o1)N1CCC(OCCCOC)CC1.I. The number of piperidine rings is 1. The standard InChI is InChI=1S/C23H34N4O3.HI/c1-4-24-23(27-12-10-20(11-13-27)29-15-5-14-28-3)26-17-22-25-16-21(30-22)19-8-6-18(2)7-9-19;/h6-9,16,20H,4-5,10-15,17H2,1-3H3,(H,24,26);1H. The van der Waals surface area contributed by atoms with Gasteiger partial charge < -0.3 is 24.1 Å². The summed E-state index contributed by atoms with van der Waals surface area (Å²) in [7, 11) is 1.72. The van der Waals surface area contributed by atoms with E-state index in [1.807, 2.05) is 0 Å². The smallest absolute Gasteiger partial charge is 0.216 e. The number of nitrogens with zero attached hydrogens (tertiary/aromatic N) is 3. The summed E-state index contributed by atoms with van der Waals surface area (Å²) in [6.45, 7) is 8.78. The van der Waals surface area contributed by atoms with Crippen molar-refractivity contribution in [3.05, 3.63) is 41.9 Å². The monoisotopic (exact) mass is 542 g/mol. The van der Waals surface area contributed by atoms with Gasteiger partial charge >= 0.3 is 0 Å². The number of halogens is 1. The lowest BCUT2D eigenvalue weighted by molar-refractivity contribution is 0.00989.